The van der Waals surface area contributed by atoms with Crippen molar-refractivity contribution in [1.82, 2.24) is 5.32 Å². The first-order valence-corrected chi connectivity index (χ1v) is 6.78. The van der Waals surface area contributed by atoms with Gasteiger partial charge in [-0.05, 0) is 25.2 Å². The standard InChI is InChI=1S/C13H19F2NO3/c14-13(15)5-3-9(4-6-13)11(17)16-10(12(18)19)7-8-1-2-8/h8-10H,1-7H2,(H,16,17)(H,18,19). The fourth-order valence-corrected chi connectivity index (χ4v) is 2.50. The van der Waals surface area contributed by atoms with E-state index in [1.54, 1.807) is 0 Å². The summed E-state index contributed by atoms with van der Waals surface area (Å²) in [5.41, 5.74) is 0. The third-order valence-corrected chi connectivity index (χ3v) is 3.97. The molecule has 0 heterocycles. The van der Waals surface area contributed by atoms with Crippen LogP contribution < -0.4 is 5.32 Å². The van der Waals surface area contributed by atoms with E-state index in [-0.39, 0.29) is 31.6 Å². The summed E-state index contributed by atoms with van der Waals surface area (Å²) in [6, 6.07) is -0.873. The largest absolute Gasteiger partial charge is 0.480 e. The molecule has 0 aromatic carbocycles. The molecule has 6 heteroatoms. The van der Waals surface area contributed by atoms with Gasteiger partial charge < -0.3 is 10.4 Å². The van der Waals surface area contributed by atoms with Gasteiger partial charge in [0, 0.05) is 18.8 Å². The van der Waals surface area contributed by atoms with Crippen molar-refractivity contribution >= 4 is 11.9 Å². The van der Waals surface area contributed by atoms with E-state index in [0.29, 0.717) is 12.3 Å². The molecule has 0 aromatic heterocycles. The molecule has 2 fully saturated rings. The molecule has 0 bridgehead atoms. The summed E-state index contributed by atoms with van der Waals surface area (Å²) in [4.78, 5) is 23.0. The summed E-state index contributed by atoms with van der Waals surface area (Å²) in [6.07, 6.45) is 2.16. The minimum atomic E-state index is -2.67. The highest BCUT2D eigenvalue weighted by molar-refractivity contribution is 5.85. The molecule has 0 radical (unpaired) electrons. The summed E-state index contributed by atoms with van der Waals surface area (Å²) in [7, 11) is 0. The molecule has 1 amide bonds. The zero-order valence-electron chi connectivity index (χ0n) is 10.7. The van der Waals surface area contributed by atoms with E-state index in [0.717, 1.165) is 12.8 Å². The molecule has 108 valence electrons. The highest BCUT2D eigenvalue weighted by atomic mass is 19.3. The minimum absolute atomic E-state index is 0.134. The predicted octanol–water partition coefficient (Wildman–Crippen LogP) is 2.18. The second kappa shape index (κ2) is 5.43. The van der Waals surface area contributed by atoms with E-state index in [1.807, 2.05) is 0 Å². The van der Waals surface area contributed by atoms with Gasteiger partial charge in [0.15, 0.2) is 0 Å². The number of aliphatic carboxylic acids is 1. The van der Waals surface area contributed by atoms with Crippen molar-refractivity contribution in [2.45, 2.75) is 56.9 Å². The van der Waals surface area contributed by atoms with Crippen LogP contribution in [0.3, 0.4) is 0 Å². The SMILES string of the molecule is O=C(NC(CC1CC1)C(=O)O)C1CCC(F)(F)CC1. The smallest absolute Gasteiger partial charge is 0.326 e. The highest BCUT2D eigenvalue weighted by Gasteiger charge is 2.38. The van der Waals surface area contributed by atoms with Gasteiger partial charge in [-0.1, -0.05) is 12.8 Å². The van der Waals surface area contributed by atoms with E-state index < -0.39 is 23.9 Å². The second-order valence-electron chi connectivity index (χ2n) is 5.71. The monoisotopic (exact) mass is 275 g/mol. The van der Waals surface area contributed by atoms with E-state index >= 15 is 0 Å². The summed E-state index contributed by atoms with van der Waals surface area (Å²) < 4.78 is 26.0. The van der Waals surface area contributed by atoms with Crippen LogP contribution >= 0.6 is 0 Å². The van der Waals surface area contributed by atoms with E-state index in [4.69, 9.17) is 5.11 Å². The molecule has 4 nitrogen and oxygen atoms in total. The Hall–Kier alpha value is -1.20. The van der Waals surface area contributed by atoms with Crippen molar-refractivity contribution in [1.29, 1.82) is 0 Å². The minimum Gasteiger partial charge on any atom is -0.480 e. The van der Waals surface area contributed by atoms with Crippen molar-refractivity contribution in [3.05, 3.63) is 0 Å². The van der Waals surface area contributed by atoms with Crippen LogP contribution in [0.25, 0.3) is 0 Å². The third-order valence-electron chi connectivity index (χ3n) is 3.97. The lowest BCUT2D eigenvalue weighted by Crippen LogP contribution is -2.45. The Morgan fingerprint density at radius 3 is 2.26 bits per heavy atom. The lowest BCUT2D eigenvalue weighted by Gasteiger charge is -2.28. The summed E-state index contributed by atoms with van der Waals surface area (Å²) in [5.74, 6) is -4.18. The summed E-state index contributed by atoms with van der Waals surface area (Å²) >= 11 is 0. The van der Waals surface area contributed by atoms with Crippen molar-refractivity contribution in [2.75, 3.05) is 0 Å². The zero-order valence-corrected chi connectivity index (χ0v) is 10.7. The molecule has 2 N–H and O–H groups in total. The number of nitrogens with one attached hydrogen (secondary N) is 1. The maximum absolute atomic E-state index is 13.0. The predicted molar refractivity (Wildman–Crippen MR) is 63.8 cm³/mol. The van der Waals surface area contributed by atoms with Gasteiger partial charge in [-0.15, -0.1) is 0 Å². The number of hydrogen-bond donors (Lipinski definition) is 2. The Bertz CT molecular complexity index is 359. The summed E-state index contributed by atoms with van der Waals surface area (Å²) in [6.45, 7) is 0. The average molecular weight is 275 g/mol. The molecule has 0 spiro atoms. The number of amides is 1. The molecule has 0 aliphatic heterocycles. The van der Waals surface area contributed by atoms with E-state index in [9.17, 15) is 18.4 Å². The van der Waals surface area contributed by atoms with Crippen LogP contribution in [0, 0.1) is 11.8 Å². The molecule has 0 aromatic rings. The van der Waals surface area contributed by atoms with Gasteiger partial charge in [0.1, 0.15) is 6.04 Å². The molecule has 0 saturated heterocycles. The van der Waals surface area contributed by atoms with Crippen LogP contribution in [0.1, 0.15) is 44.9 Å². The Kier molecular flexibility index (Phi) is 4.06. The number of carbonyl (C=O) groups is 2. The molecule has 2 aliphatic carbocycles. The first-order chi connectivity index (χ1) is 8.87. The maximum Gasteiger partial charge on any atom is 0.326 e. The lowest BCUT2D eigenvalue weighted by molar-refractivity contribution is -0.143. The van der Waals surface area contributed by atoms with Crippen LogP contribution in [0.15, 0.2) is 0 Å². The van der Waals surface area contributed by atoms with E-state index in [2.05, 4.69) is 5.32 Å². The van der Waals surface area contributed by atoms with Gasteiger partial charge in [0.2, 0.25) is 11.8 Å². The highest BCUT2D eigenvalue weighted by Crippen LogP contribution is 2.37. The number of hydrogen-bond acceptors (Lipinski definition) is 2. The average Bonchev–Trinajstić information content (AvgIpc) is 3.11. The Morgan fingerprint density at radius 2 is 1.79 bits per heavy atom. The van der Waals surface area contributed by atoms with Crippen molar-refractivity contribution in [3.8, 4) is 0 Å². The van der Waals surface area contributed by atoms with Gasteiger partial charge in [0.05, 0.1) is 0 Å². The molecule has 2 rings (SSSR count). The first-order valence-electron chi connectivity index (χ1n) is 6.78. The summed E-state index contributed by atoms with van der Waals surface area (Å²) in [5, 5.41) is 11.5. The molecule has 1 unspecified atom stereocenters. The molecule has 19 heavy (non-hydrogen) atoms. The number of rotatable bonds is 5. The van der Waals surface area contributed by atoms with Gasteiger partial charge in [0.25, 0.3) is 0 Å². The fraction of sp³-hybridized carbons (Fsp3) is 0.846. The van der Waals surface area contributed by atoms with Crippen LogP contribution in [0.4, 0.5) is 8.78 Å². The van der Waals surface area contributed by atoms with Gasteiger partial charge >= 0.3 is 5.97 Å². The number of carboxylic acids is 1. The quantitative estimate of drug-likeness (QED) is 0.808. The second-order valence-corrected chi connectivity index (χ2v) is 5.71. The first kappa shape index (κ1) is 14.2. The van der Waals surface area contributed by atoms with Crippen LogP contribution in [-0.4, -0.2) is 28.9 Å². The number of halogens is 2. The zero-order chi connectivity index (χ0) is 14.0. The van der Waals surface area contributed by atoms with E-state index in [1.165, 1.54) is 0 Å². The Balaban J connectivity index is 1.83. The topological polar surface area (TPSA) is 66.4 Å². The number of alkyl halides is 2. The fourth-order valence-electron chi connectivity index (χ4n) is 2.50. The van der Waals surface area contributed by atoms with Gasteiger partial charge in [-0.25, -0.2) is 13.6 Å². The van der Waals surface area contributed by atoms with Crippen molar-refractivity contribution in [3.63, 3.8) is 0 Å². The maximum atomic E-state index is 13.0. The molecule has 2 saturated carbocycles. The molecule has 2 aliphatic rings. The number of carbonyl (C=O) groups excluding carboxylic acids is 1. The molecular formula is C13H19F2NO3. The van der Waals surface area contributed by atoms with Crippen LogP contribution in [0.5, 0.6) is 0 Å². The van der Waals surface area contributed by atoms with Crippen LogP contribution in [0.2, 0.25) is 0 Å². The van der Waals surface area contributed by atoms with Gasteiger partial charge in [-0.2, -0.15) is 0 Å². The Labute approximate surface area is 110 Å². The molecule has 1 atom stereocenters. The van der Waals surface area contributed by atoms with Crippen molar-refractivity contribution < 1.29 is 23.5 Å². The molecular weight excluding hydrogens is 256 g/mol. The Morgan fingerprint density at radius 1 is 1.21 bits per heavy atom. The lowest BCUT2D eigenvalue weighted by atomic mass is 9.86. The normalized spacial score (nSPS) is 24.7. The van der Waals surface area contributed by atoms with Crippen molar-refractivity contribution in [2.24, 2.45) is 11.8 Å². The van der Waals surface area contributed by atoms with Gasteiger partial charge in [-0.3, -0.25) is 4.79 Å². The number of carboxylic acid groups (broad SMARTS) is 1. The third kappa shape index (κ3) is 4.14. The van der Waals surface area contributed by atoms with Crippen LogP contribution in [-0.2, 0) is 9.59 Å².